The molecular formula is C19H25FN2O3. The lowest BCUT2D eigenvalue weighted by Crippen LogP contribution is -2.47. The third-order valence-corrected chi connectivity index (χ3v) is 3.79. The molecule has 0 atom stereocenters. The SMILES string of the molecule is CC(C)(C)OC(=O)N1CCC(NC(=O)C=Cc2ccc(F)cc2)CC1. The van der Waals surface area contributed by atoms with Crippen molar-refractivity contribution < 1.29 is 18.7 Å². The van der Waals surface area contributed by atoms with E-state index < -0.39 is 5.60 Å². The zero-order valence-electron chi connectivity index (χ0n) is 14.9. The summed E-state index contributed by atoms with van der Waals surface area (Å²) < 4.78 is 18.2. The van der Waals surface area contributed by atoms with Gasteiger partial charge in [-0.1, -0.05) is 12.1 Å². The Bertz CT molecular complexity index is 627. The Labute approximate surface area is 147 Å². The topological polar surface area (TPSA) is 58.6 Å². The summed E-state index contributed by atoms with van der Waals surface area (Å²) in [4.78, 5) is 25.7. The van der Waals surface area contributed by atoms with E-state index in [9.17, 15) is 14.0 Å². The van der Waals surface area contributed by atoms with E-state index in [1.165, 1.54) is 18.2 Å². The van der Waals surface area contributed by atoms with E-state index in [1.807, 2.05) is 20.8 Å². The van der Waals surface area contributed by atoms with E-state index in [0.717, 1.165) is 5.56 Å². The Morgan fingerprint density at radius 3 is 2.36 bits per heavy atom. The minimum Gasteiger partial charge on any atom is -0.444 e. The normalized spacial score (nSPS) is 16.1. The van der Waals surface area contributed by atoms with Gasteiger partial charge in [-0.3, -0.25) is 4.79 Å². The summed E-state index contributed by atoms with van der Waals surface area (Å²) in [7, 11) is 0. The molecule has 0 bridgehead atoms. The van der Waals surface area contributed by atoms with Crippen LogP contribution in [0.25, 0.3) is 6.08 Å². The van der Waals surface area contributed by atoms with E-state index in [2.05, 4.69) is 5.32 Å². The average Bonchev–Trinajstić information content (AvgIpc) is 2.53. The minimum atomic E-state index is -0.507. The second kappa shape index (κ2) is 8.14. The second-order valence-electron chi connectivity index (χ2n) is 7.14. The maximum Gasteiger partial charge on any atom is 0.410 e. The number of benzene rings is 1. The van der Waals surface area contributed by atoms with Gasteiger partial charge in [0.2, 0.25) is 5.91 Å². The van der Waals surface area contributed by atoms with Gasteiger partial charge in [0.25, 0.3) is 0 Å². The molecule has 1 heterocycles. The smallest absolute Gasteiger partial charge is 0.410 e. The Morgan fingerprint density at radius 2 is 1.80 bits per heavy atom. The minimum absolute atomic E-state index is 0.0315. The van der Waals surface area contributed by atoms with Crippen LogP contribution < -0.4 is 5.32 Å². The number of rotatable bonds is 3. The van der Waals surface area contributed by atoms with E-state index in [-0.39, 0.29) is 23.9 Å². The summed E-state index contributed by atoms with van der Waals surface area (Å²) in [6, 6.07) is 5.95. The van der Waals surface area contributed by atoms with E-state index in [1.54, 1.807) is 23.1 Å². The molecule has 5 nitrogen and oxygen atoms in total. The fourth-order valence-electron chi connectivity index (χ4n) is 2.53. The highest BCUT2D eigenvalue weighted by atomic mass is 19.1. The van der Waals surface area contributed by atoms with E-state index >= 15 is 0 Å². The number of nitrogens with one attached hydrogen (secondary N) is 1. The molecular weight excluding hydrogens is 323 g/mol. The molecule has 2 rings (SSSR count). The summed E-state index contributed by atoms with van der Waals surface area (Å²) >= 11 is 0. The summed E-state index contributed by atoms with van der Waals surface area (Å²) in [6.07, 6.45) is 4.15. The van der Waals surface area contributed by atoms with Gasteiger partial charge in [-0.2, -0.15) is 0 Å². The monoisotopic (exact) mass is 348 g/mol. The molecule has 6 heteroatoms. The number of hydrogen-bond acceptors (Lipinski definition) is 3. The molecule has 1 aliphatic rings. The van der Waals surface area contributed by atoms with Crippen molar-refractivity contribution in [2.75, 3.05) is 13.1 Å². The molecule has 25 heavy (non-hydrogen) atoms. The van der Waals surface area contributed by atoms with Crippen molar-refractivity contribution in [2.24, 2.45) is 0 Å². The van der Waals surface area contributed by atoms with Crippen molar-refractivity contribution in [3.63, 3.8) is 0 Å². The number of carbonyl (C=O) groups is 2. The highest BCUT2D eigenvalue weighted by Gasteiger charge is 2.27. The molecule has 136 valence electrons. The standard InChI is InChI=1S/C19H25FN2O3/c1-19(2,3)25-18(24)22-12-10-16(11-13-22)21-17(23)9-6-14-4-7-15(20)8-5-14/h4-9,16H,10-13H2,1-3H3,(H,21,23). The van der Waals surface area contributed by atoms with Crippen LogP contribution in [0.4, 0.5) is 9.18 Å². The summed E-state index contributed by atoms with van der Waals surface area (Å²) in [6.45, 7) is 6.63. The Hall–Kier alpha value is -2.37. The van der Waals surface area contributed by atoms with Gasteiger partial charge in [0.05, 0.1) is 0 Å². The Kier molecular flexibility index (Phi) is 6.17. The van der Waals surface area contributed by atoms with Crippen LogP contribution in [0.3, 0.4) is 0 Å². The third-order valence-electron chi connectivity index (χ3n) is 3.79. The highest BCUT2D eigenvalue weighted by Crippen LogP contribution is 2.15. The Balaban J connectivity index is 1.76. The first-order chi connectivity index (χ1) is 11.7. The van der Waals surface area contributed by atoms with Crippen molar-refractivity contribution in [3.8, 4) is 0 Å². The van der Waals surface area contributed by atoms with Gasteiger partial charge in [0.15, 0.2) is 0 Å². The van der Waals surface area contributed by atoms with Gasteiger partial charge < -0.3 is 15.0 Å². The predicted molar refractivity (Wildman–Crippen MR) is 94.4 cm³/mol. The van der Waals surface area contributed by atoms with Crippen LogP contribution in [0.15, 0.2) is 30.3 Å². The molecule has 2 amide bonds. The van der Waals surface area contributed by atoms with Crippen molar-refractivity contribution in [3.05, 3.63) is 41.7 Å². The van der Waals surface area contributed by atoms with Crippen LogP contribution in [-0.2, 0) is 9.53 Å². The molecule has 1 saturated heterocycles. The summed E-state index contributed by atoms with van der Waals surface area (Å²) in [5.74, 6) is -0.501. The fraction of sp³-hybridized carbons (Fsp3) is 0.474. The highest BCUT2D eigenvalue weighted by molar-refractivity contribution is 5.91. The second-order valence-corrected chi connectivity index (χ2v) is 7.14. The van der Waals surface area contributed by atoms with Crippen molar-refractivity contribution >= 4 is 18.1 Å². The number of likely N-dealkylation sites (tertiary alicyclic amines) is 1. The molecule has 1 N–H and O–H groups in total. The van der Waals surface area contributed by atoms with Crippen LogP contribution in [0.1, 0.15) is 39.2 Å². The quantitative estimate of drug-likeness (QED) is 0.852. The first kappa shape index (κ1) is 19.0. The van der Waals surface area contributed by atoms with Crippen LogP contribution >= 0.6 is 0 Å². The number of carbonyl (C=O) groups excluding carboxylic acids is 2. The number of hydrogen-bond donors (Lipinski definition) is 1. The third kappa shape index (κ3) is 6.57. The van der Waals surface area contributed by atoms with Crippen LogP contribution in [0.5, 0.6) is 0 Å². The van der Waals surface area contributed by atoms with Crippen molar-refractivity contribution in [1.29, 1.82) is 0 Å². The molecule has 0 radical (unpaired) electrons. The number of nitrogens with zero attached hydrogens (tertiary/aromatic N) is 1. The van der Waals surface area contributed by atoms with Gasteiger partial charge in [-0.25, -0.2) is 9.18 Å². The van der Waals surface area contributed by atoms with E-state index in [0.29, 0.717) is 25.9 Å². The van der Waals surface area contributed by atoms with Gasteiger partial charge in [0, 0.05) is 25.2 Å². The maximum absolute atomic E-state index is 12.8. The molecule has 1 aliphatic heterocycles. The van der Waals surface area contributed by atoms with Crippen molar-refractivity contribution in [2.45, 2.75) is 45.3 Å². The molecule has 0 aliphatic carbocycles. The molecule has 0 saturated carbocycles. The molecule has 1 aromatic carbocycles. The molecule has 0 aromatic heterocycles. The predicted octanol–water partition coefficient (Wildman–Crippen LogP) is 3.35. The fourth-order valence-corrected chi connectivity index (χ4v) is 2.53. The first-order valence-corrected chi connectivity index (χ1v) is 8.45. The Morgan fingerprint density at radius 1 is 1.20 bits per heavy atom. The van der Waals surface area contributed by atoms with Crippen molar-refractivity contribution in [1.82, 2.24) is 10.2 Å². The lowest BCUT2D eigenvalue weighted by molar-refractivity contribution is -0.117. The summed E-state index contributed by atoms with van der Waals surface area (Å²) in [5.41, 5.74) is 0.254. The van der Waals surface area contributed by atoms with Crippen LogP contribution in [0.2, 0.25) is 0 Å². The lowest BCUT2D eigenvalue weighted by Gasteiger charge is -2.33. The molecule has 1 aromatic rings. The largest absolute Gasteiger partial charge is 0.444 e. The zero-order chi connectivity index (χ0) is 18.4. The van der Waals surface area contributed by atoms with Crippen LogP contribution in [-0.4, -0.2) is 41.6 Å². The maximum atomic E-state index is 12.8. The van der Waals surface area contributed by atoms with Crippen LogP contribution in [0, 0.1) is 5.82 Å². The van der Waals surface area contributed by atoms with Gasteiger partial charge in [-0.15, -0.1) is 0 Å². The first-order valence-electron chi connectivity index (χ1n) is 8.45. The number of halogens is 1. The van der Waals surface area contributed by atoms with Gasteiger partial charge in [0.1, 0.15) is 11.4 Å². The van der Waals surface area contributed by atoms with E-state index in [4.69, 9.17) is 4.74 Å². The number of piperidine rings is 1. The number of amides is 2. The van der Waals surface area contributed by atoms with Gasteiger partial charge in [-0.05, 0) is 57.4 Å². The number of ether oxygens (including phenoxy) is 1. The molecule has 1 fully saturated rings. The molecule has 0 spiro atoms. The average molecular weight is 348 g/mol. The zero-order valence-corrected chi connectivity index (χ0v) is 14.9. The summed E-state index contributed by atoms with van der Waals surface area (Å²) in [5, 5.41) is 2.93. The molecule has 0 unspecified atom stereocenters. The van der Waals surface area contributed by atoms with Gasteiger partial charge >= 0.3 is 6.09 Å². The lowest BCUT2D eigenvalue weighted by atomic mass is 10.1.